The zero-order valence-corrected chi connectivity index (χ0v) is 14.3. The number of benzene rings is 2. The van der Waals surface area contributed by atoms with Gasteiger partial charge in [0.25, 0.3) is 0 Å². The lowest BCUT2D eigenvalue weighted by Gasteiger charge is -2.20. The molecule has 0 aromatic heterocycles. The summed E-state index contributed by atoms with van der Waals surface area (Å²) in [6.45, 7) is 0.718. The van der Waals surface area contributed by atoms with Gasteiger partial charge in [-0.2, -0.15) is 0 Å². The van der Waals surface area contributed by atoms with Crippen LogP contribution in [0, 0.1) is 0 Å². The topological polar surface area (TPSA) is 56.5 Å². The number of hydrogen-bond acceptors (Lipinski definition) is 4. The zero-order valence-electron chi connectivity index (χ0n) is 11.1. The Bertz CT molecular complexity index is 664. The normalized spacial score (nSPS) is 14.0. The molecule has 110 valence electrons. The third-order valence-corrected chi connectivity index (χ3v) is 4.57. The van der Waals surface area contributed by atoms with Gasteiger partial charge in [-0.05, 0) is 61.7 Å². The number of anilines is 1. The van der Waals surface area contributed by atoms with E-state index in [1.165, 1.54) is 0 Å². The summed E-state index contributed by atoms with van der Waals surface area (Å²) in [6.07, 6.45) is 0. The molecule has 4 nitrogen and oxygen atoms in total. The third kappa shape index (κ3) is 3.02. The minimum Gasteiger partial charge on any atom is -0.454 e. The van der Waals surface area contributed by atoms with E-state index in [-0.39, 0.29) is 12.8 Å². The Morgan fingerprint density at radius 2 is 1.95 bits per heavy atom. The molecule has 0 amide bonds. The van der Waals surface area contributed by atoms with Gasteiger partial charge in [0, 0.05) is 16.7 Å². The summed E-state index contributed by atoms with van der Waals surface area (Å²) in [6, 6.07) is 11.9. The van der Waals surface area contributed by atoms with Crippen LogP contribution in [0.15, 0.2) is 45.3 Å². The minimum atomic E-state index is -0.0190. The van der Waals surface area contributed by atoms with Crippen molar-refractivity contribution in [2.75, 3.05) is 18.7 Å². The highest BCUT2D eigenvalue weighted by Gasteiger charge is 2.21. The highest BCUT2D eigenvalue weighted by Crippen LogP contribution is 2.41. The summed E-state index contributed by atoms with van der Waals surface area (Å²) in [5.74, 6) is 1.49. The van der Waals surface area contributed by atoms with Gasteiger partial charge in [-0.25, -0.2) is 0 Å². The number of nitrogens with two attached hydrogens (primary N) is 1. The predicted octanol–water partition coefficient (Wildman–Crippen LogP) is 4.05. The van der Waals surface area contributed by atoms with E-state index < -0.39 is 0 Å². The van der Waals surface area contributed by atoms with E-state index in [0.29, 0.717) is 6.54 Å². The monoisotopic (exact) mass is 412 g/mol. The molecular weight excluding hydrogens is 400 g/mol. The van der Waals surface area contributed by atoms with E-state index in [0.717, 1.165) is 31.7 Å². The summed E-state index contributed by atoms with van der Waals surface area (Å²) in [4.78, 5) is 0. The lowest BCUT2D eigenvalue weighted by molar-refractivity contribution is 0.173. The summed E-state index contributed by atoms with van der Waals surface area (Å²) in [5.41, 5.74) is 7.98. The van der Waals surface area contributed by atoms with E-state index in [2.05, 4.69) is 37.2 Å². The van der Waals surface area contributed by atoms with Crippen LogP contribution in [-0.2, 0) is 0 Å². The molecule has 0 saturated heterocycles. The van der Waals surface area contributed by atoms with Gasteiger partial charge in [-0.1, -0.05) is 12.1 Å². The van der Waals surface area contributed by atoms with Crippen molar-refractivity contribution < 1.29 is 9.47 Å². The molecule has 0 spiro atoms. The predicted molar refractivity (Wildman–Crippen MR) is 89.8 cm³/mol. The quantitative estimate of drug-likeness (QED) is 0.793. The third-order valence-electron chi connectivity index (χ3n) is 3.29. The highest BCUT2D eigenvalue weighted by molar-refractivity contribution is 9.11. The van der Waals surface area contributed by atoms with Crippen molar-refractivity contribution in [3.8, 4) is 11.5 Å². The molecular formula is C15H14Br2N2O2. The maximum Gasteiger partial charge on any atom is 0.231 e. The van der Waals surface area contributed by atoms with Crippen LogP contribution in [0.5, 0.6) is 11.5 Å². The summed E-state index contributed by atoms with van der Waals surface area (Å²) in [5, 5.41) is 3.44. The van der Waals surface area contributed by atoms with Crippen molar-refractivity contribution in [2.24, 2.45) is 5.73 Å². The Hall–Kier alpha value is -1.24. The highest BCUT2D eigenvalue weighted by atomic mass is 79.9. The Labute approximate surface area is 139 Å². The van der Waals surface area contributed by atoms with Crippen LogP contribution < -0.4 is 20.5 Å². The molecule has 0 radical (unpaired) electrons. The fourth-order valence-electron chi connectivity index (χ4n) is 2.23. The molecule has 2 aromatic rings. The van der Waals surface area contributed by atoms with Crippen LogP contribution in [0.25, 0.3) is 0 Å². The van der Waals surface area contributed by atoms with Crippen molar-refractivity contribution in [1.29, 1.82) is 0 Å². The Balaban J connectivity index is 1.90. The summed E-state index contributed by atoms with van der Waals surface area (Å²) >= 11 is 7.05. The van der Waals surface area contributed by atoms with Crippen molar-refractivity contribution in [3.63, 3.8) is 0 Å². The molecule has 0 aliphatic carbocycles. The molecule has 1 heterocycles. The molecule has 1 unspecified atom stereocenters. The number of fused-ring (bicyclic) bond motifs is 1. The number of ether oxygens (including phenoxy) is 2. The van der Waals surface area contributed by atoms with E-state index in [1.807, 2.05) is 36.4 Å². The van der Waals surface area contributed by atoms with Crippen LogP contribution in [0.1, 0.15) is 11.6 Å². The first-order valence-corrected chi connectivity index (χ1v) is 8.08. The standard InChI is InChI=1S/C15H14Br2N2O2/c16-10-3-1-2-4-12(10)19-13(7-18)9-5-11(17)15-14(6-9)20-8-21-15/h1-6,13,19H,7-8,18H2. The first-order chi connectivity index (χ1) is 10.2. The molecule has 2 aromatic carbocycles. The Morgan fingerprint density at radius 1 is 1.14 bits per heavy atom. The second-order valence-corrected chi connectivity index (χ2v) is 6.36. The number of para-hydroxylation sites is 1. The number of rotatable bonds is 4. The Morgan fingerprint density at radius 3 is 2.71 bits per heavy atom. The smallest absolute Gasteiger partial charge is 0.231 e. The number of halogens is 2. The van der Waals surface area contributed by atoms with Gasteiger partial charge >= 0.3 is 0 Å². The SMILES string of the molecule is NCC(Nc1ccccc1Br)c1cc(Br)c2c(c1)OCO2. The van der Waals surface area contributed by atoms with Crippen molar-refractivity contribution in [2.45, 2.75) is 6.04 Å². The van der Waals surface area contributed by atoms with Gasteiger partial charge in [0.05, 0.1) is 10.5 Å². The first kappa shape index (κ1) is 14.7. The average Bonchev–Trinajstić information content (AvgIpc) is 2.95. The van der Waals surface area contributed by atoms with E-state index >= 15 is 0 Å². The van der Waals surface area contributed by atoms with Gasteiger partial charge < -0.3 is 20.5 Å². The molecule has 21 heavy (non-hydrogen) atoms. The molecule has 0 bridgehead atoms. The molecule has 0 fully saturated rings. The molecule has 1 aliphatic heterocycles. The van der Waals surface area contributed by atoms with Crippen molar-refractivity contribution in [3.05, 3.63) is 50.9 Å². The van der Waals surface area contributed by atoms with Crippen LogP contribution in [0.2, 0.25) is 0 Å². The Kier molecular flexibility index (Phi) is 4.37. The van der Waals surface area contributed by atoms with Gasteiger partial charge in [0.1, 0.15) is 0 Å². The second kappa shape index (κ2) is 6.25. The lowest BCUT2D eigenvalue weighted by atomic mass is 10.1. The molecule has 6 heteroatoms. The summed E-state index contributed by atoms with van der Waals surface area (Å²) < 4.78 is 12.7. The van der Waals surface area contributed by atoms with Crippen molar-refractivity contribution >= 4 is 37.5 Å². The average molecular weight is 414 g/mol. The molecule has 0 saturated carbocycles. The lowest BCUT2D eigenvalue weighted by Crippen LogP contribution is -2.20. The van der Waals surface area contributed by atoms with Crippen LogP contribution in [-0.4, -0.2) is 13.3 Å². The fraction of sp³-hybridized carbons (Fsp3) is 0.200. The molecule has 3 rings (SSSR count). The molecule has 1 atom stereocenters. The minimum absolute atomic E-state index is 0.0190. The number of hydrogen-bond donors (Lipinski definition) is 2. The largest absolute Gasteiger partial charge is 0.454 e. The van der Waals surface area contributed by atoms with Crippen LogP contribution in [0.3, 0.4) is 0 Å². The van der Waals surface area contributed by atoms with E-state index in [4.69, 9.17) is 15.2 Å². The second-order valence-electron chi connectivity index (χ2n) is 4.65. The first-order valence-electron chi connectivity index (χ1n) is 6.49. The zero-order chi connectivity index (χ0) is 14.8. The van der Waals surface area contributed by atoms with E-state index in [9.17, 15) is 0 Å². The van der Waals surface area contributed by atoms with Crippen LogP contribution in [0.4, 0.5) is 5.69 Å². The molecule has 1 aliphatic rings. The molecule has 3 N–H and O–H groups in total. The van der Waals surface area contributed by atoms with Gasteiger partial charge in [0.2, 0.25) is 6.79 Å². The summed E-state index contributed by atoms with van der Waals surface area (Å²) in [7, 11) is 0. The van der Waals surface area contributed by atoms with Gasteiger partial charge in [-0.3, -0.25) is 0 Å². The van der Waals surface area contributed by atoms with Gasteiger partial charge in [0.15, 0.2) is 11.5 Å². The fourth-order valence-corrected chi connectivity index (χ4v) is 3.21. The number of nitrogens with one attached hydrogen (secondary N) is 1. The van der Waals surface area contributed by atoms with E-state index in [1.54, 1.807) is 0 Å². The van der Waals surface area contributed by atoms with Gasteiger partial charge in [-0.15, -0.1) is 0 Å². The maximum atomic E-state index is 5.93. The van der Waals surface area contributed by atoms with Crippen LogP contribution >= 0.6 is 31.9 Å². The maximum absolute atomic E-state index is 5.93. The van der Waals surface area contributed by atoms with Crippen molar-refractivity contribution in [1.82, 2.24) is 0 Å².